The van der Waals surface area contributed by atoms with Crippen molar-refractivity contribution < 1.29 is 13.2 Å². The zero-order valence-corrected chi connectivity index (χ0v) is 16.6. The van der Waals surface area contributed by atoms with Crippen LogP contribution in [0.15, 0.2) is 41.8 Å². The molecule has 1 fully saturated rings. The normalized spacial score (nSPS) is 16.5. The molecule has 8 nitrogen and oxygen atoms in total. The molecule has 1 aromatic heterocycles. The summed E-state index contributed by atoms with van der Waals surface area (Å²) < 4.78 is 29.2. The van der Waals surface area contributed by atoms with E-state index in [9.17, 15) is 13.2 Å². The van der Waals surface area contributed by atoms with Gasteiger partial charge in [0.05, 0.1) is 10.9 Å². The molecule has 2 heterocycles. The highest BCUT2D eigenvalue weighted by Crippen LogP contribution is 2.23. The molecule has 1 amide bonds. The maximum atomic E-state index is 12.7. The van der Waals surface area contributed by atoms with Gasteiger partial charge < -0.3 is 4.90 Å². The molecule has 1 aromatic carbocycles. The Bertz CT molecular complexity index is 878. The third-order valence-corrected chi connectivity index (χ3v) is 6.19. The van der Waals surface area contributed by atoms with Crippen molar-refractivity contribution in [3.8, 4) is 0 Å². The lowest BCUT2D eigenvalue weighted by Crippen LogP contribution is -2.40. The third-order valence-electron chi connectivity index (χ3n) is 4.41. The Labute approximate surface area is 159 Å². The number of carbonyl (C=O) groups is 1. The second-order valence-corrected chi connectivity index (χ2v) is 9.46. The van der Waals surface area contributed by atoms with Gasteiger partial charge in [-0.1, -0.05) is 0 Å². The minimum atomic E-state index is -3.61. The summed E-state index contributed by atoms with van der Waals surface area (Å²) in [5.41, 5.74) is -0.0780. The molecular formula is C18H25N5O3S. The van der Waals surface area contributed by atoms with Gasteiger partial charge in [-0.05, 0) is 57.9 Å². The van der Waals surface area contributed by atoms with Crippen molar-refractivity contribution in [3.63, 3.8) is 0 Å². The first kappa shape index (κ1) is 19.5. The van der Waals surface area contributed by atoms with E-state index in [0.29, 0.717) is 18.7 Å². The minimum Gasteiger partial charge on any atom is -0.338 e. The molecule has 2 aromatic rings. The molecule has 3 rings (SSSR count). The number of piperidine rings is 1. The smallest absolute Gasteiger partial charge is 0.253 e. The fourth-order valence-electron chi connectivity index (χ4n) is 3.16. The molecule has 1 saturated heterocycles. The molecular weight excluding hydrogens is 366 g/mol. The van der Waals surface area contributed by atoms with Gasteiger partial charge in [-0.25, -0.2) is 22.8 Å². The number of carbonyl (C=O) groups excluding carboxylic acids is 1. The van der Waals surface area contributed by atoms with E-state index in [1.165, 1.54) is 18.5 Å². The Morgan fingerprint density at radius 1 is 1.15 bits per heavy atom. The van der Waals surface area contributed by atoms with Crippen molar-refractivity contribution in [3.05, 3.63) is 42.5 Å². The number of amides is 1. The zero-order valence-electron chi connectivity index (χ0n) is 15.8. The second-order valence-electron chi connectivity index (χ2n) is 7.78. The van der Waals surface area contributed by atoms with Crippen molar-refractivity contribution in [1.29, 1.82) is 0 Å². The molecule has 1 aliphatic heterocycles. The lowest BCUT2D eigenvalue weighted by molar-refractivity contribution is 0.0689. The Kier molecular flexibility index (Phi) is 5.34. The van der Waals surface area contributed by atoms with Gasteiger partial charge in [0, 0.05) is 24.2 Å². The average Bonchev–Trinajstić information content (AvgIpc) is 3.14. The van der Waals surface area contributed by atoms with E-state index in [1.807, 2.05) is 4.68 Å². The van der Waals surface area contributed by atoms with Crippen LogP contribution < -0.4 is 4.72 Å². The summed E-state index contributed by atoms with van der Waals surface area (Å²) in [5, 5.41) is 4.17. The van der Waals surface area contributed by atoms with Crippen LogP contribution in [-0.2, 0) is 10.0 Å². The monoisotopic (exact) mass is 391 g/mol. The van der Waals surface area contributed by atoms with E-state index in [-0.39, 0.29) is 16.8 Å². The van der Waals surface area contributed by atoms with Crippen LogP contribution in [0.4, 0.5) is 0 Å². The highest BCUT2D eigenvalue weighted by Gasteiger charge is 2.26. The van der Waals surface area contributed by atoms with Crippen LogP contribution in [0.5, 0.6) is 0 Å². The van der Waals surface area contributed by atoms with Gasteiger partial charge >= 0.3 is 0 Å². The molecule has 0 atom stereocenters. The second kappa shape index (κ2) is 7.40. The maximum absolute atomic E-state index is 12.7. The minimum absolute atomic E-state index is 0.0835. The van der Waals surface area contributed by atoms with Crippen molar-refractivity contribution in [2.75, 3.05) is 13.1 Å². The van der Waals surface area contributed by atoms with Crippen molar-refractivity contribution >= 4 is 15.9 Å². The van der Waals surface area contributed by atoms with Gasteiger partial charge in [0.15, 0.2) is 0 Å². The van der Waals surface area contributed by atoms with Crippen LogP contribution in [0.3, 0.4) is 0 Å². The summed E-state index contributed by atoms with van der Waals surface area (Å²) in [6.45, 7) is 6.62. The Hall–Kier alpha value is -2.26. The van der Waals surface area contributed by atoms with Gasteiger partial charge in [0.1, 0.15) is 12.7 Å². The number of aromatic nitrogens is 3. The first-order chi connectivity index (χ1) is 12.7. The number of hydrogen-bond donors (Lipinski definition) is 1. The predicted octanol–water partition coefficient (Wildman–Crippen LogP) is 1.83. The molecule has 0 bridgehead atoms. The summed E-state index contributed by atoms with van der Waals surface area (Å²) >= 11 is 0. The van der Waals surface area contributed by atoms with Crippen molar-refractivity contribution in [2.24, 2.45) is 0 Å². The number of hydrogen-bond acceptors (Lipinski definition) is 5. The summed E-state index contributed by atoms with van der Waals surface area (Å²) in [4.78, 5) is 18.6. The number of nitrogens with zero attached hydrogens (tertiary/aromatic N) is 4. The molecule has 0 saturated carbocycles. The van der Waals surface area contributed by atoms with Gasteiger partial charge in [-0.3, -0.25) is 4.79 Å². The van der Waals surface area contributed by atoms with E-state index in [0.717, 1.165) is 12.8 Å². The molecule has 0 unspecified atom stereocenters. The number of sulfonamides is 1. The lowest BCUT2D eigenvalue weighted by atomic mass is 10.0. The Balaban J connectivity index is 1.64. The van der Waals surface area contributed by atoms with E-state index in [2.05, 4.69) is 14.8 Å². The molecule has 1 N–H and O–H groups in total. The number of nitrogens with one attached hydrogen (secondary N) is 1. The van der Waals surface area contributed by atoms with E-state index in [4.69, 9.17) is 0 Å². The van der Waals surface area contributed by atoms with Gasteiger partial charge in [-0.2, -0.15) is 5.10 Å². The topological polar surface area (TPSA) is 97.2 Å². The average molecular weight is 391 g/mol. The first-order valence-electron chi connectivity index (χ1n) is 8.93. The van der Waals surface area contributed by atoms with Gasteiger partial charge in [0.25, 0.3) is 5.91 Å². The van der Waals surface area contributed by atoms with Gasteiger partial charge in [0.2, 0.25) is 10.0 Å². The maximum Gasteiger partial charge on any atom is 0.253 e. The van der Waals surface area contributed by atoms with Crippen molar-refractivity contribution in [1.82, 2.24) is 24.4 Å². The molecule has 146 valence electrons. The predicted molar refractivity (Wildman–Crippen MR) is 101 cm³/mol. The van der Waals surface area contributed by atoms with E-state index < -0.39 is 15.6 Å². The lowest BCUT2D eigenvalue weighted by Gasteiger charge is -2.32. The molecule has 0 radical (unpaired) electrons. The SMILES string of the molecule is CC(C)(C)NS(=O)(=O)c1ccc(C(=O)N2CCC(n3cncn3)CC2)cc1. The molecule has 9 heteroatoms. The van der Waals surface area contributed by atoms with Crippen molar-refractivity contribution in [2.45, 2.75) is 50.1 Å². The summed E-state index contributed by atoms with van der Waals surface area (Å²) in [6.07, 6.45) is 4.85. The fourth-order valence-corrected chi connectivity index (χ4v) is 4.58. The van der Waals surface area contributed by atoms with Crippen LogP contribution >= 0.6 is 0 Å². The number of likely N-dealkylation sites (tertiary alicyclic amines) is 1. The fraction of sp³-hybridized carbons (Fsp3) is 0.500. The summed E-state index contributed by atoms with van der Waals surface area (Å²) in [5.74, 6) is -0.0835. The molecule has 0 spiro atoms. The largest absolute Gasteiger partial charge is 0.338 e. The van der Waals surface area contributed by atoms with Crippen LogP contribution in [0.25, 0.3) is 0 Å². The van der Waals surface area contributed by atoms with Crippen LogP contribution in [-0.4, -0.2) is 52.6 Å². The quantitative estimate of drug-likeness (QED) is 0.858. The highest BCUT2D eigenvalue weighted by molar-refractivity contribution is 7.89. The Morgan fingerprint density at radius 2 is 1.78 bits per heavy atom. The van der Waals surface area contributed by atoms with Crippen LogP contribution in [0.1, 0.15) is 50.0 Å². The van der Waals surface area contributed by atoms with E-state index in [1.54, 1.807) is 44.1 Å². The highest BCUT2D eigenvalue weighted by atomic mass is 32.2. The van der Waals surface area contributed by atoms with Crippen LogP contribution in [0.2, 0.25) is 0 Å². The zero-order chi connectivity index (χ0) is 19.7. The molecule has 0 aliphatic carbocycles. The van der Waals surface area contributed by atoms with E-state index >= 15 is 0 Å². The Morgan fingerprint density at radius 3 is 2.30 bits per heavy atom. The summed E-state index contributed by atoms with van der Waals surface area (Å²) in [6, 6.07) is 6.35. The molecule has 1 aliphatic rings. The number of rotatable bonds is 4. The number of benzene rings is 1. The first-order valence-corrected chi connectivity index (χ1v) is 10.4. The van der Waals surface area contributed by atoms with Gasteiger partial charge in [-0.15, -0.1) is 0 Å². The third kappa shape index (κ3) is 4.72. The summed E-state index contributed by atoms with van der Waals surface area (Å²) in [7, 11) is -3.61. The molecule has 27 heavy (non-hydrogen) atoms. The van der Waals surface area contributed by atoms with Crippen LogP contribution in [0, 0.1) is 0 Å². The standard InChI is InChI=1S/C18H25N5O3S/c1-18(2,3)21-27(25,26)16-6-4-14(5-7-16)17(24)22-10-8-15(9-11-22)23-13-19-12-20-23/h4-7,12-13,15,21H,8-11H2,1-3H3.